The van der Waals surface area contributed by atoms with Crippen molar-refractivity contribution in [1.29, 1.82) is 0 Å². The molecule has 0 saturated carbocycles. The largest absolute Gasteiger partial charge is 0.487 e. The highest BCUT2D eigenvalue weighted by Crippen LogP contribution is 2.28. The van der Waals surface area contributed by atoms with Crippen LogP contribution in [0.4, 0.5) is 0 Å². The molecule has 4 nitrogen and oxygen atoms in total. The smallest absolute Gasteiger partial charge is 0.264 e. The van der Waals surface area contributed by atoms with Gasteiger partial charge in [-0.3, -0.25) is 0 Å². The van der Waals surface area contributed by atoms with Gasteiger partial charge in [0.2, 0.25) is 0 Å². The van der Waals surface area contributed by atoms with Crippen LogP contribution in [0.15, 0.2) is 29.2 Å². The third-order valence-corrected chi connectivity index (χ3v) is 3.65. The molecule has 0 spiro atoms. The zero-order valence-corrected chi connectivity index (χ0v) is 10.00. The van der Waals surface area contributed by atoms with Gasteiger partial charge in [0.05, 0.1) is 13.2 Å². The first-order valence-electron chi connectivity index (χ1n) is 4.85. The van der Waals surface area contributed by atoms with E-state index in [1.54, 1.807) is 18.2 Å². The highest BCUT2D eigenvalue weighted by molar-refractivity contribution is 8.13. The Bertz CT molecular complexity index is 465. The van der Waals surface area contributed by atoms with Crippen LogP contribution >= 0.6 is 10.7 Å². The second-order valence-electron chi connectivity index (χ2n) is 3.49. The van der Waals surface area contributed by atoms with Crippen molar-refractivity contribution in [3.05, 3.63) is 24.3 Å². The van der Waals surface area contributed by atoms with Crippen molar-refractivity contribution in [2.75, 3.05) is 13.2 Å². The van der Waals surface area contributed by atoms with Crippen molar-refractivity contribution in [2.45, 2.75) is 17.4 Å². The molecule has 0 amide bonds. The number of hydrogen-bond acceptors (Lipinski definition) is 4. The maximum Gasteiger partial charge on any atom is 0.264 e. The Morgan fingerprint density at radius 1 is 1.38 bits per heavy atom. The summed E-state index contributed by atoms with van der Waals surface area (Å²) < 4.78 is 33.3. The van der Waals surface area contributed by atoms with E-state index in [0.29, 0.717) is 13.2 Å². The zero-order chi connectivity index (χ0) is 11.6. The fourth-order valence-corrected chi connectivity index (χ4v) is 2.51. The Kier molecular flexibility index (Phi) is 3.37. The Morgan fingerprint density at radius 3 is 2.75 bits per heavy atom. The molecule has 16 heavy (non-hydrogen) atoms. The van der Waals surface area contributed by atoms with E-state index in [2.05, 4.69) is 0 Å². The lowest BCUT2D eigenvalue weighted by atomic mass is 10.3. The molecule has 1 atom stereocenters. The van der Waals surface area contributed by atoms with E-state index >= 15 is 0 Å². The predicted molar refractivity (Wildman–Crippen MR) is 59.3 cm³/mol. The third-order valence-electron chi connectivity index (χ3n) is 2.29. The normalized spacial score (nSPS) is 20.9. The fraction of sp³-hybridized carbons (Fsp3) is 0.400. The lowest BCUT2D eigenvalue weighted by molar-refractivity contribution is 0.139. The summed E-state index contributed by atoms with van der Waals surface area (Å²) in [6.07, 6.45) is 0.663. The van der Waals surface area contributed by atoms with Gasteiger partial charge in [0.15, 0.2) is 0 Å². The fourth-order valence-electron chi connectivity index (χ4n) is 1.53. The maximum absolute atomic E-state index is 11.3. The number of halogens is 1. The second kappa shape index (κ2) is 4.61. The molecule has 1 heterocycles. The monoisotopic (exact) mass is 262 g/mol. The average molecular weight is 263 g/mol. The van der Waals surface area contributed by atoms with Gasteiger partial charge < -0.3 is 9.47 Å². The van der Waals surface area contributed by atoms with Crippen LogP contribution in [0.5, 0.6) is 5.75 Å². The minimum absolute atomic E-state index is 0.00330. The molecule has 1 aliphatic heterocycles. The van der Waals surface area contributed by atoms with Gasteiger partial charge in [-0.25, -0.2) is 8.42 Å². The first-order valence-corrected chi connectivity index (χ1v) is 7.16. The molecular formula is C10H11ClO4S. The van der Waals surface area contributed by atoms with Crippen LogP contribution in [0.2, 0.25) is 0 Å². The summed E-state index contributed by atoms with van der Waals surface area (Å²) in [6, 6.07) is 6.32. The summed E-state index contributed by atoms with van der Waals surface area (Å²) in [4.78, 5) is 0.00330. The molecule has 0 aliphatic carbocycles. The number of ether oxygens (including phenoxy) is 2. The second-order valence-corrected chi connectivity index (χ2v) is 6.02. The van der Waals surface area contributed by atoms with Gasteiger partial charge in [0.25, 0.3) is 9.05 Å². The molecule has 0 N–H and O–H groups in total. The van der Waals surface area contributed by atoms with Crippen LogP contribution in [-0.4, -0.2) is 27.7 Å². The van der Waals surface area contributed by atoms with E-state index in [4.69, 9.17) is 20.2 Å². The maximum atomic E-state index is 11.3. The standard InChI is InChI=1S/C10H11ClO4S/c11-16(12,13)10-4-2-1-3-9(10)15-8-5-6-14-7-8/h1-4,8H,5-7H2. The Labute approximate surface area is 98.5 Å². The van der Waals surface area contributed by atoms with Crippen LogP contribution in [0.1, 0.15) is 6.42 Å². The first kappa shape index (κ1) is 11.7. The number of benzene rings is 1. The summed E-state index contributed by atoms with van der Waals surface area (Å²) in [5, 5.41) is 0. The van der Waals surface area contributed by atoms with Gasteiger partial charge >= 0.3 is 0 Å². The van der Waals surface area contributed by atoms with Crippen LogP contribution in [0, 0.1) is 0 Å². The summed E-state index contributed by atoms with van der Waals surface area (Å²) in [5.74, 6) is 0.285. The highest BCUT2D eigenvalue weighted by Gasteiger charge is 2.22. The van der Waals surface area contributed by atoms with Gasteiger partial charge in [-0.1, -0.05) is 12.1 Å². The quantitative estimate of drug-likeness (QED) is 0.780. The molecule has 1 aliphatic rings. The van der Waals surface area contributed by atoms with E-state index in [1.807, 2.05) is 0 Å². The van der Waals surface area contributed by atoms with Crippen molar-refractivity contribution in [2.24, 2.45) is 0 Å². The van der Waals surface area contributed by atoms with Crippen LogP contribution in [0.3, 0.4) is 0 Å². The van der Waals surface area contributed by atoms with Gasteiger partial charge in [0.1, 0.15) is 16.7 Å². The molecule has 1 aromatic rings. The van der Waals surface area contributed by atoms with Crippen LogP contribution < -0.4 is 4.74 Å². The molecule has 6 heteroatoms. The predicted octanol–water partition coefficient (Wildman–Crippen LogP) is 1.78. The Balaban J connectivity index is 2.26. The van der Waals surface area contributed by atoms with E-state index in [-0.39, 0.29) is 16.7 Å². The van der Waals surface area contributed by atoms with Crippen molar-refractivity contribution in [3.8, 4) is 5.75 Å². The summed E-state index contributed by atoms with van der Waals surface area (Å²) in [5.41, 5.74) is 0. The molecule has 0 aromatic heterocycles. The molecular weight excluding hydrogens is 252 g/mol. The minimum atomic E-state index is -3.77. The van der Waals surface area contributed by atoms with Gasteiger partial charge in [-0.15, -0.1) is 0 Å². The minimum Gasteiger partial charge on any atom is -0.487 e. The van der Waals surface area contributed by atoms with Crippen LogP contribution in [-0.2, 0) is 13.8 Å². The summed E-state index contributed by atoms with van der Waals surface area (Å²) >= 11 is 0. The molecule has 1 fully saturated rings. The molecule has 0 radical (unpaired) electrons. The molecule has 2 rings (SSSR count). The van der Waals surface area contributed by atoms with Gasteiger partial charge in [-0.2, -0.15) is 0 Å². The number of rotatable bonds is 3. The van der Waals surface area contributed by atoms with E-state index in [1.165, 1.54) is 6.07 Å². The zero-order valence-electron chi connectivity index (χ0n) is 8.43. The number of para-hydroxylation sites is 1. The van der Waals surface area contributed by atoms with Crippen LogP contribution in [0.25, 0.3) is 0 Å². The topological polar surface area (TPSA) is 52.6 Å². The van der Waals surface area contributed by atoms with Gasteiger partial charge in [-0.05, 0) is 12.1 Å². The average Bonchev–Trinajstić information content (AvgIpc) is 2.70. The van der Waals surface area contributed by atoms with Crippen molar-refractivity contribution in [3.63, 3.8) is 0 Å². The number of hydrogen-bond donors (Lipinski definition) is 0. The van der Waals surface area contributed by atoms with Crippen molar-refractivity contribution < 1.29 is 17.9 Å². The Morgan fingerprint density at radius 2 is 2.12 bits per heavy atom. The lowest BCUT2D eigenvalue weighted by Gasteiger charge is -2.13. The molecule has 1 saturated heterocycles. The molecule has 1 unspecified atom stereocenters. The Hall–Kier alpha value is -0.780. The van der Waals surface area contributed by atoms with Crippen molar-refractivity contribution >= 4 is 19.7 Å². The first-order chi connectivity index (χ1) is 7.57. The lowest BCUT2D eigenvalue weighted by Crippen LogP contribution is -2.16. The highest BCUT2D eigenvalue weighted by atomic mass is 35.7. The van der Waals surface area contributed by atoms with E-state index in [9.17, 15) is 8.42 Å². The van der Waals surface area contributed by atoms with Crippen molar-refractivity contribution in [1.82, 2.24) is 0 Å². The summed E-state index contributed by atoms with van der Waals surface area (Å²) in [6.45, 7) is 1.12. The third kappa shape index (κ3) is 2.66. The molecule has 1 aromatic carbocycles. The molecule has 88 valence electrons. The SMILES string of the molecule is O=S(=O)(Cl)c1ccccc1OC1CCOC1. The van der Waals surface area contributed by atoms with E-state index in [0.717, 1.165) is 6.42 Å². The van der Waals surface area contributed by atoms with E-state index < -0.39 is 9.05 Å². The summed E-state index contributed by atoms with van der Waals surface area (Å²) in [7, 11) is 1.54. The molecule has 0 bridgehead atoms. The van der Waals surface area contributed by atoms with Gasteiger partial charge in [0, 0.05) is 17.1 Å².